The second-order valence-corrected chi connectivity index (χ2v) is 4.68. The lowest BCUT2D eigenvalue weighted by atomic mass is 10.1. The van der Waals surface area contributed by atoms with Crippen molar-refractivity contribution in [3.05, 3.63) is 66.5 Å². The molecule has 0 saturated carbocycles. The van der Waals surface area contributed by atoms with Crippen LogP contribution in [-0.2, 0) is 0 Å². The van der Waals surface area contributed by atoms with Gasteiger partial charge < -0.3 is 4.74 Å². The molecule has 0 saturated heterocycles. The molecule has 0 aliphatic carbocycles. The van der Waals surface area contributed by atoms with Crippen LogP contribution in [0.4, 0.5) is 10.5 Å². The highest BCUT2D eigenvalue weighted by molar-refractivity contribution is 6.00. The zero-order valence-electron chi connectivity index (χ0n) is 11.5. The number of rotatable bonds is 2. The molecule has 0 aliphatic rings. The highest BCUT2D eigenvalue weighted by atomic mass is 16.6. The molecule has 2 aromatic carbocycles. The van der Waals surface area contributed by atoms with E-state index in [9.17, 15) is 4.79 Å². The summed E-state index contributed by atoms with van der Waals surface area (Å²) in [5.41, 5.74) is 1.60. The number of benzene rings is 2. The van der Waals surface area contributed by atoms with Gasteiger partial charge in [-0.25, -0.2) is 4.79 Å². The summed E-state index contributed by atoms with van der Waals surface area (Å²) in [4.78, 5) is 16.2. The van der Waals surface area contributed by atoms with Crippen molar-refractivity contribution in [1.82, 2.24) is 4.98 Å². The van der Waals surface area contributed by atoms with E-state index in [1.54, 1.807) is 18.3 Å². The van der Waals surface area contributed by atoms with E-state index in [0.29, 0.717) is 11.4 Å². The second-order valence-electron chi connectivity index (χ2n) is 4.68. The lowest BCUT2D eigenvalue weighted by Crippen LogP contribution is -2.16. The Morgan fingerprint density at radius 3 is 2.71 bits per heavy atom. The van der Waals surface area contributed by atoms with E-state index in [0.717, 1.165) is 16.5 Å². The number of hydrogen-bond acceptors (Lipinski definition) is 3. The molecule has 0 unspecified atom stereocenters. The monoisotopic (exact) mass is 278 g/mol. The zero-order valence-corrected chi connectivity index (χ0v) is 11.5. The molecule has 3 aromatic rings. The van der Waals surface area contributed by atoms with Gasteiger partial charge in [0.2, 0.25) is 0 Å². The van der Waals surface area contributed by atoms with Crippen LogP contribution >= 0.6 is 0 Å². The zero-order chi connectivity index (χ0) is 14.7. The van der Waals surface area contributed by atoms with Crippen LogP contribution in [0.3, 0.4) is 0 Å². The van der Waals surface area contributed by atoms with Crippen molar-refractivity contribution >= 4 is 22.6 Å². The first-order chi connectivity index (χ1) is 10.2. The van der Waals surface area contributed by atoms with Crippen molar-refractivity contribution in [2.45, 2.75) is 6.92 Å². The van der Waals surface area contributed by atoms with Crippen LogP contribution in [0.2, 0.25) is 0 Å². The quantitative estimate of drug-likeness (QED) is 0.766. The van der Waals surface area contributed by atoms with Gasteiger partial charge in [0.1, 0.15) is 5.75 Å². The van der Waals surface area contributed by atoms with Crippen LogP contribution < -0.4 is 10.1 Å². The second kappa shape index (κ2) is 5.63. The number of fused-ring (bicyclic) bond motifs is 1. The summed E-state index contributed by atoms with van der Waals surface area (Å²) >= 11 is 0. The molecule has 1 heterocycles. The summed E-state index contributed by atoms with van der Waals surface area (Å²) in [5, 5.41) is 4.68. The molecule has 1 aromatic heterocycles. The third-order valence-electron chi connectivity index (χ3n) is 3.09. The van der Waals surface area contributed by atoms with Gasteiger partial charge in [-0.05, 0) is 31.2 Å². The van der Waals surface area contributed by atoms with E-state index < -0.39 is 6.09 Å². The Morgan fingerprint density at radius 1 is 1.10 bits per heavy atom. The minimum atomic E-state index is -0.511. The van der Waals surface area contributed by atoms with Crippen molar-refractivity contribution in [3.63, 3.8) is 0 Å². The van der Waals surface area contributed by atoms with E-state index in [-0.39, 0.29) is 0 Å². The number of anilines is 1. The molecule has 0 aliphatic heterocycles. The summed E-state index contributed by atoms with van der Waals surface area (Å²) < 4.78 is 5.23. The standard InChI is InChI=1S/C17H14N2O2/c1-12-10-15-13(11-18-12)6-5-9-16(15)19-17(20)21-14-7-3-2-4-8-14/h2-11H,1H3,(H,19,20). The molecule has 0 atom stereocenters. The Hall–Kier alpha value is -2.88. The van der Waals surface area contributed by atoms with Gasteiger partial charge in [-0.15, -0.1) is 0 Å². The molecule has 0 radical (unpaired) electrons. The third kappa shape index (κ3) is 3.00. The number of aromatic nitrogens is 1. The molecule has 4 heteroatoms. The Bertz CT molecular complexity index is 785. The molecule has 0 spiro atoms. The fourth-order valence-electron chi connectivity index (χ4n) is 2.11. The van der Waals surface area contributed by atoms with Crippen molar-refractivity contribution in [1.29, 1.82) is 0 Å². The van der Waals surface area contributed by atoms with E-state index in [1.807, 2.05) is 49.4 Å². The topological polar surface area (TPSA) is 51.2 Å². The maximum absolute atomic E-state index is 12.0. The van der Waals surface area contributed by atoms with E-state index in [4.69, 9.17) is 4.74 Å². The van der Waals surface area contributed by atoms with E-state index in [1.165, 1.54) is 0 Å². The molecule has 3 rings (SSSR count). The lowest BCUT2D eigenvalue weighted by Gasteiger charge is -2.09. The number of hydrogen-bond donors (Lipinski definition) is 1. The largest absolute Gasteiger partial charge is 0.417 e. The Balaban J connectivity index is 1.84. The van der Waals surface area contributed by atoms with Gasteiger partial charge in [-0.3, -0.25) is 10.3 Å². The van der Waals surface area contributed by atoms with Gasteiger partial charge in [0.25, 0.3) is 0 Å². The predicted molar refractivity (Wildman–Crippen MR) is 82.6 cm³/mol. The molecule has 0 fully saturated rings. The molecule has 21 heavy (non-hydrogen) atoms. The highest BCUT2D eigenvalue weighted by Gasteiger charge is 2.08. The van der Waals surface area contributed by atoms with E-state index in [2.05, 4.69) is 10.3 Å². The molecule has 0 bridgehead atoms. The van der Waals surface area contributed by atoms with Crippen LogP contribution in [0, 0.1) is 6.92 Å². The summed E-state index contributed by atoms with van der Waals surface area (Å²) in [6.45, 7) is 1.92. The highest BCUT2D eigenvalue weighted by Crippen LogP contribution is 2.23. The van der Waals surface area contributed by atoms with E-state index >= 15 is 0 Å². The van der Waals surface area contributed by atoms with Gasteiger partial charge in [0.15, 0.2) is 0 Å². The van der Waals surface area contributed by atoms with Crippen molar-refractivity contribution < 1.29 is 9.53 Å². The average Bonchev–Trinajstić information content (AvgIpc) is 2.49. The first kappa shape index (κ1) is 13.1. The lowest BCUT2D eigenvalue weighted by molar-refractivity contribution is 0.215. The fourth-order valence-corrected chi connectivity index (χ4v) is 2.11. The van der Waals surface area contributed by atoms with Crippen molar-refractivity contribution in [3.8, 4) is 5.75 Å². The van der Waals surface area contributed by atoms with Crippen LogP contribution in [0.25, 0.3) is 10.8 Å². The number of carbonyl (C=O) groups is 1. The molecule has 1 N–H and O–H groups in total. The van der Waals surface area contributed by atoms with Crippen LogP contribution in [0.5, 0.6) is 5.75 Å². The summed E-state index contributed by atoms with van der Waals surface area (Å²) in [7, 11) is 0. The summed E-state index contributed by atoms with van der Waals surface area (Å²) in [6.07, 6.45) is 1.28. The number of nitrogens with zero attached hydrogens (tertiary/aromatic N) is 1. The average molecular weight is 278 g/mol. The molecular weight excluding hydrogens is 264 g/mol. The first-order valence-corrected chi connectivity index (χ1v) is 6.61. The SMILES string of the molecule is Cc1cc2c(NC(=O)Oc3ccccc3)cccc2cn1. The number of carbonyl (C=O) groups excluding carboxylic acids is 1. The summed E-state index contributed by atoms with van der Waals surface area (Å²) in [6, 6.07) is 16.6. The molecule has 1 amide bonds. The van der Waals surface area contributed by atoms with Crippen molar-refractivity contribution in [2.24, 2.45) is 0 Å². The first-order valence-electron chi connectivity index (χ1n) is 6.61. The minimum Gasteiger partial charge on any atom is -0.410 e. The maximum Gasteiger partial charge on any atom is 0.417 e. The van der Waals surface area contributed by atoms with Crippen LogP contribution in [0.1, 0.15) is 5.69 Å². The van der Waals surface area contributed by atoms with Gasteiger partial charge >= 0.3 is 6.09 Å². The summed E-state index contributed by atoms with van der Waals surface area (Å²) in [5.74, 6) is 0.507. The van der Waals surface area contributed by atoms with Gasteiger partial charge in [-0.1, -0.05) is 30.3 Å². The smallest absolute Gasteiger partial charge is 0.410 e. The van der Waals surface area contributed by atoms with Gasteiger partial charge in [0, 0.05) is 22.7 Å². The normalized spacial score (nSPS) is 10.3. The number of pyridine rings is 1. The van der Waals surface area contributed by atoms with Gasteiger partial charge in [0.05, 0.1) is 5.69 Å². The number of aryl methyl sites for hydroxylation is 1. The predicted octanol–water partition coefficient (Wildman–Crippen LogP) is 4.15. The van der Waals surface area contributed by atoms with Crippen molar-refractivity contribution in [2.75, 3.05) is 5.32 Å². The Labute approximate surface area is 122 Å². The number of nitrogens with one attached hydrogen (secondary N) is 1. The molecule has 4 nitrogen and oxygen atoms in total. The Kier molecular flexibility index (Phi) is 3.51. The minimum absolute atomic E-state index is 0.507. The number of amides is 1. The Morgan fingerprint density at radius 2 is 1.90 bits per heavy atom. The van der Waals surface area contributed by atoms with Crippen LogP contribution in [0.15, 0.2) is 60.8 Å². The fraction of sp³-hybridized carbons (Fsp3) is 0.0588. The maximum atomic E-state index is 12.0. The molecular formula is C17H14N2O2. The van der Waals surface area contributed by atoms with Crippen LogP contribution in [-0.4, -0.2) is 11.1 Å². The van der Waals surface area contributed by atoms with Gasteiger partial charge in [-0.2, -0.15) is 0 Å². The third-order valence-corrected chi connectivity index (χ3v) is 3.09. The molecule has 104 valence electrons. The number of ether oxygens (including phenoxy) is 1. The number of para-hydroxylation sites is 1.